The summed E-state index contributed by atoms with van der Waals surface area (Å²) in [4.78, 5) is 23.7. The number of aromatic nitrogens is 2. The normalized spacial score (nSPS) is 14.2. The Hall–Kier alpha value is -4.11. The Balaban J connectivity index is 0.000000249. The van der Waals surface area contributed by atoms with E-state index in [1.807, 2.05) is 0 Å². The number of carboxylic acid groups (broad SMARTS) is 1. The van der Waals surface area contributed by atoms with E-state index in [4.69, 9.17) is 93.7 Å². The maximum atomic E-state index is 14.4. The summed E-state index contributed by atoms with van der Waals surface area (Å²) in [6, 6.07) is 11.9. The quantitative estimate of drug-likeness (QED) is 0.0776. The first-order chi connectivity index (χ1) is 35.3. The van der Waals surface area contributed by atoms with Crippen LogP contribution in [0.1, 0.15) is 63.9 Å². The van der Waals surface area contributed by atoms with Crippen molar-refractivity contribution in [2.24, 2.45) is 11.7 Å². The van der Waals surface area contributed by atoms with E-state index < -0.39 is 82.5 Å². The topological polar surface area (TPSA) is 150 Å². The molecule has 77 heavy (non-hydrogen) atoms. The highest BCUT2D eigenvalue weighted by Crippen LogP contribution is 2.56. The van der Waals surface area contributed by atoms with Crippen molar-refractivity contribution in [3.05, 3.63) is 125 Å². The van der Waals surface area contributed by atoms with E-state index in [2.05, 4.69) is 31.7 Å². The van der Waals surface area contributed by atoms with Crippen LogP contribution in [0.5, 0.6) is 0 Å². The molecular weight excluding hydrogens is 1260 g/mol. The van der Waals surface area contributed by atoms with E-state index in [1.165, 1.54) is 49.2 Å². The fourth-order valence-electron chi connectivity index (χ4n) is 6.59. The number of alkyl halides is 14. The number of carbonyl (C=O) groups is 2. The SMILES string of the molecule is NC1CC1.O=C(CC1CC1)c1cc(-c2cc(-c3c(Cl)cc(C(F)(C(F)(F)F)C(F)(F)F)cc3Cl)on2)ccc1Cl.O=C(O)c1cc(-c2cc(-c3c(Cl)cc(C(F)(C(F)(F)F)C(F)(F)F)cc3Cl)on2)ccc1Cl.O=S(Cl)Cl. The van der Waals surface area contributed by atoms with Crippen molar-refractivity contribution in [2.75, 3.05) is 0 Å². The highest BCUT2D eigenvalue weighted by molar-refractivity contribution is 8.26. The molecule has 0 bridgehead atoms. The van der Waals surface area contributed by atoms with E-state index in [9.17, 15) is 71.1 Å². The van der Waals surface area contributed by atoms with Crippen LogP contribution in [0.25, 0.3) is 45.2 Å². The predicted octanol–water partition coefficient (Wildman–Crippen LogP) is 18.3. The monoisotopic (exact) mass is 1280 g/mol. The number of rotatable bonds is 10. The summed E-state index contributed by atoms with van der Waals surface area (Å²) < 4.78 is 205. The number of halogens is 22. The van der Waals surface area contributed by atoms with Crippen LogP contribution in [-0.2, 0) is 20.6 Å². The van der Waals surface area contributed by atoms with E-state index >= 15 is 0 Å². The van der Waals surface area contributed by atoms with Crippen LogP contribution in [0.15, 0.2) is 81.8 Å². The summed E-state index contributed by atoms with van der Waals surface area (Å²) in [5, 5.41) is 13.8. The van der Waals surface area contributed by atoms with Crippen LogP contribution in [-0.4, -0.2) is 62.1 Å². The van der Waals surface area contributed by atoms with Crippen LogP contribution in [0.2, 0.25) is 30.1 Å². The van der Waals surface area contributed by atoms with Gasteiger partial charge in [-0.3, -0.25) is 4.79 Å². The number of ketones is 1. The number of hydrogen-bond acceptors (Lipinski definition) is 8. The molecular formula is C45H27Cl8F14N3O6S. The minimum atomic E-state index is -6.35. The first-order valence-corrected chi connectivity index (χ1v) is 25.8. The number of Topliss-reactive ketones (excluding diaryl/α,β-unsaturated/α-hetero) is 1. The zero-order chi connectivity index (χ0) is 58.1. The van der Waals surface area contributed by atoms with Gasteiger partial charge in [0.25, 0.3) is 0 Å². The van der Waals surface area contributed by atoms with Crippen LogP contribution in [0.4, 0.5) is 61.5 Å². The molecule has 4 aromatic carbocycles. The third-order valence-corrected chi connectivity index (χ3v) is 12.7. The van der Waals surface area contributed by atoms with Gasteiger partial charge < -0.3 is 19.9 Å². The van der Waals surface area contributed by atoms with Gasteiger partial charge in [-0.05, 0) is 80.1 Å². The number of hydrogen-bond donors (Lipinski definition) is 2. The summed E-state index contributed by atoms with van der Waals surface area (Å²) in [5.74, 6) is -1.67. The van der Waals surface area contributed by atoms with Crippen LogP contribution >= 0.6 is 91.0 Å². The van der Waals surface area contributed by atoms with Crippen LogP contribution in [0.3, 0.4) is 0 Å². The standard InChI is InChI=1S/C23H13Cl3F7NO2.C19H7Cl3F7NO3.C3H7N.Cl2OS/c24-14-4-3-11(6-13(14)18(35)5-10-1-2-10)17-9-19(36-34-17)20-15(25)7-12(8-16(20)26)21(27,22(28,29)30)23(31,32)33;20-10-2-1-7(3-9(10)16(31)32)13-6-14(33-30-13)15-11(21)4-8(5-12(15)22)17(23,18(24,25)26)19(27,28)29;4-3-1-2-3;1-4(2)3/h3-4,6-10H,1-2,5H2;1-6H,(H,31,32);3H,1-2,4H2;. The average Bonchev–Trinajstić information content (AvgIpc) is 4.18. The van der Waals surface area contributed by atoms with Gasteiger partial charge in [-0.2, -0.15) is 52.7 Å². The van der Waals surface area contributed by atoms with E-state index in [-0.39, 0.29) is 90.8 Å². The fraction of sp³-hybridized carbons (Fsp3) is 0.289. The van der Waals surface area contributed by atoms with Crippen LogP contribution in [0, 0.1) is 5.92 Å². The molecule has 418 valence electrons. The van der Waals surface area contributed by atoms with E-state index in [0.29, 0.717) is 23.9 Å². The van der Waals surface area contributed by atoms with Crippen molar-refractivity contribution in [1.29, 1.82) is 0 Å². The Labute approximate surface area is 465 Å². The number of nitrogens with zero attached hydrogens (tertiary/aromatic N) is 2. The third-order valence-electron chi connectivity index (χ3n) is 10.8. The molecule has 8 rings (SSSR count). The number of nitrogens with two attached hydrogens (primary N) is 1. The first-order valence-electron chi connectivity index (χ1n) is 20.8. The zero-order valence-corrected chi connectivity index (χ0v) is 44.2. The van der Waals surface area contributed by atoms with Crippen molar-refractivity contribution in [1.82, 2.24) is 10.3 Å². The highest BCUT2D eigenvalue weighted by Gasteiger charge is 2.74. The predicted molar refractivity (Wildman–Crippen MR) is 260 cm³/mol. The van der Waals surface area contributed by atoms with Crippen molar-refractivity contribution in [3.63, 3.8) is 0 Å². The summed E-state index contributed by atoms with van der Waals surface area (Å²) in [6.45, 7) is 0. The first kappa shape index (κ1) is 63.7. The molecule has 0 radical (unpaired) electrons. The van der Waals surface area contributed by atoms with Crippen molar-refractivity contribution >= 4 is 112 Å². The van der Waals surface area contributed by atoms with Crippen molar-refractivity contribution in [2.45, 2.75) is 74.2 Å². The van der Waals surface area contributed by atoms with Gasteiger partial charge in [-0.1, -0.05) is 92.1 Å². The molecule has 0 aliphatic heterocycles. The van der Waals surface area contributed by atoms with Gasteiger partial charge in [0.05, 0.1) is 46.8 Å². The third kappa shape index (κ3) is 14.8. The second-order valence-corrected chi connectivity index (χ2v) is 21.3. The molecule has 3 N–H and O–H groups in total. The lowest BCUT2D eigenvalue weighted by Gasteiger charge is -2.30. The molecule has 2 heterocycles. The van der Waals surface area contributed by atoms with Gasteiger partial charge in [0.1, 0.15) is 11.4 Å². The minimum Gasteiger partial charge on any atom is -0.478 e. The molecule has 2 aliphatic carbocycles. The number of benzene rings is 4. The summed E-state index contributed by atoms with van der Waals surface area (Å²) >= 11 is 35.5. The molecule has 0 spiro atoms. The van der Waals surface area contributed by atoms with Crippen molar-refractivity contribution < 1.29 is 89.4 Å². The number of carbonyl (C=O) groups excluding carboxylic acids is 1. The van der Waals surface area contributed by atoms with Gasteiger partial charge >= 0.3 is 42.0 Å². The molecule has 0 amide bonds. The zero-order valence-electron chi connectivity index (χ0n) is 37.3. The van der Waals surface area contributed by atoms with Gasteiger partial charge in [0, 0.05) is 73.8 Å². The Morgan fingerprint density at radius 2 is 0.857 bits per heavy atom. The lowest BCUT2D eigenvalue weighted by Crippen LogP contribution is -2.50. The van der Waals surface area contributed by atoms with Gasteiger partial charge in [-0.15, -0.1) is 0 Å². The lowest BCUT2D eigenvalue weighted by molar-refractivity contribution is -0.349. The highest BCUT2D eigenvalue weighted by atomic mass is 36.0. The molecule has 6 aromatic rings. The molecule has 2 aromatic heterocycles. The Kier molecular flexibility index (Phi) is 20.1. The molecule has 32 heteroatoms. The molecule has 2 saturated carbocycles. The second-order valence-electron chi connectivity index (χ2n) is 16.4. The summed E-state index contributed by atoms with van der Waals surface area (Å²) in [7, 11) is 7.36. The Morgan fingerprint density at radius 1 is 0.545 bits per heavy atom. The molecule has 0 atom stereocenters. The van der Waals surface area contributed by atoms with Gasteiger partial charge in [0.15, 0.2) is 17.3 Å². The Bertz CT molecular complexity index is 3100. The molecule has 0 saturated heterocycles. The molecule has 2 fully saturated rings. The van der Waals surface area contributed by atoms with Crippen molar-refractivity contribution in [3.8, 4) is 45.2 Å². The molecule has 0 unspecified atom stereocenters. The lowest BCUT2D eigenvalue weighted by atomic mass is 9.93. The summed E-state index contributed by atoms with van der Waals surface area (Å²) in [6.07, 6.45) is -20.6. The van der Waals surface area contributed by atoms with Gasteiger partial charge in [-0.25, -0.2) is 17.8 Å². The summed E-state index contributed by atoms with van der Waals surface area (Å²) in [5.41, 5.74) is -9.80. The van der Waals surface area contributed by atoms with Crippen LogP contribution < -0.4 is 5.73 Å². The molecule has 2 aliphatic rings. The maximum absolute atomic E-state index is 14.4. The number of aromatic carboxylic acids is 1. The van der Waals surface area contributed by atoms with E-state index in [0.717, 1.165) is 25.0 Å². The Morgan fingerprint density at radius 3 is 1.14 bits per heavy atom. The largest absolute Gasteiger partial charge is 0.478 e. The number of carboxylic acids is 1. The smallest absolute Gasteiger partial charge is 0.435 e. The molecule has 9 nitrogen and oxygen atoms in total. The average molecular weight is 1290 g/mol. The van der Waals surface area contributed by atoms with E-state index in [1.54, 1.807) is 0 Å². The minimum absolute atomic E-state index is 0.0193. The van der Waals surface area contributed by atoms with Gasteiger partial charge in [0.2, 0.25) is 9.23 Å². The fourth-order valence-corrected chi connectivity index (χ4v) is 8.35. The maximum Gasteiger partial charge on any atom is 0.435 e. The second kappa shape index (κ2) is 24.3.